The lowest BCUT2D eigenvalue weighted by Gasteiger charge is -2.15. The number of rotatable bonds is 4. The highest BCUT2D eigenvalue weighted by molar-refractivity contribution is 5.96. The maximum atomic E-state index is 12.2. The zero-order valence-corrected chi connectivity index (χ0v) is 12.1. The first-order valence-electron chi connectivity index (χ1n) is 6.75. The van der Waals surface area contributed by atoms with E-state index in [4.69, 9.17) is 0 Å². The molecule has 2 rings (SSSR count). The smallest absolute Gasteiger partial charge is 0.246 e. The first-order chi connectivity index (χ1) is 9.54. The Morgan fingerprint density at radius 3 is 2.15 bits per heavy atom. The number of carbonyl (C=O) groups is 1. The summed E-state index contributed by atoms with van der Waals surface area (Å²) in [4.78, 5) is 12.2. The minimum Gasteiger partial charge on any atom is -0.374 e. The summed E-state index contributed by atoms with van der Waals surface area (Å²) in [5.41, 5.74) is 4.07. The van der Waals surface area contributed by atoms with E-state index in [9.17, 15) is 4.79 Å². The first-order valence-corrected chi connectivity index (χ1v) is 6.75. The summed E-state index contributed by atoms with van der Waals surface area (Å²) in [6.45, 7) is 5.90. The largest absolute Gasteiger partial charge is 0.374 e. The fourth-order valence-electron chi connectivity index (χ4n) is 2.15. The molecule has 0 fully saturated rings. The normalized spacial score (nSPS) is 11.8. The van der Waals surface area contributed by atoms with Gasteiger partial charge in [-0.1, -0.05) is 24.3 Å². The number of amides is 1. The summed E-state index contributed by atoms with van der Waals surface area (Å²) < 4.78 is 0. The summed E-state index contributed by atoms with van der Waals surface area (Å²) in [6, 6.07) is 15.5. The predicted molar refractivity (Wildman–Crippen MR) is 84.1 cm³/mol. The Bertz CT molecular complexity index is 573. The van der Waals surface area contributed by atoms with E-state index in [1.54, 1.807) is 0 Å². The van der Waals surface area contributed by atoms with Gasteiger partial charge in [-0.05, 0) is 56.2 Å². The molecule has 2 N–H and O–H groups in total. The highest BCUT2D eigenvalue weighted by atomic mass is 16.2. The van der Waals surface area contributed by atoms with Crippen LogP contribution in [0.3, 0.4) is 0 Å². The van der Waals surface area contributed by atoms with Crippen LogP contribution in [0.2, 0.25) is 0 Å². The van der Waals surface area contributed by atoms with Gasteiger partial charge in [0.05, 0.1) is 0 Å². The molecule has 0 aromatic heterocycles. The van der Waals surface area contributed by atoms with Crippen molar-refractivity contribution in [1.29, 1.82) is 0 Å². The minimum absolute atomic E-state index is 0.0427. The van der Waals surface area contributed by atoms with Crippen molar-refractivity contribution in [2.75, 3.05) is 10.6 Å². The lowest BCUT2D eigenvalue weighted by Crippen LogP contribution is -2.31. The zero-order chi connectivity index (χ0) is 14.5. The Hall–Kier alpha value is -2.29. The molecule has 1 atom stereocenters. The monoisotopic (exact) mass is 268 g/mol. The molecule has 1 unspecified atom stereocenters. The molecule has 0 heterocycles. The van der Waals surface area contributed by atoms with E-state index in [0.717, 1.165) is 22.5 Å². The molecule has 104 valence electrons. The number of anilines is 2. The van der Waals surface area contributed by atoms with Gasteiger partial charge >= 0.3 is 0 Å². The van der Waals surface area contributed by atoms with Crippen LogP contribution in [-0.4, -0.2) is 11.9 Å². The topological polar surface area (TPSA) is 41.1 Å². The maximum Gasteiger partial charge on any atom is 0.246 e. The zero-order valence-electron chi connectivity index (χ0n) is 12.1. The summed E-state index contributed by atoms with van der Waals surface area (Å²) in [5, 5.41) is 6.12. The van der Waals surface area contributed by atoms with Gasteiger partial charge in [-0.25, -0.2) is 0 Å². The molecular weight excluding hydrogens is 248 g/mol. The summed E-state index contributed by atoms with van der Waals surface area (Å²) in [6.07, 6.45) is 0. The molecule has 0 aliphatic carbocycles. The van der Waals surface area contributed by atoms with Crippen molar-refractivity contribution >= 4 is 17.3 Å². The van der Waals surface area contributed by atoms with E-state index in [-0.39, 0.29) is 11.9 Å². The maximum absolute atomic E-state index is 12.2. The van der Waals surface area contributed by atoms with Crippen LogP contribution in [0.1, 0.15) is 18.1 Å². The van der Waals surface area contributed by atoms with Gasteiger partial charge in [0.1, 0.15) is 6.04 Å². The quantitative estimate of drug-likeness (QED) is 0.886. The minimum atomic E-state index is -0.293. The number of benzene rings is 2. The molecule has 0 spiro atoms. The van der Waals surface area contributed by atoms with E-state index in [2.05, 4.69) is 16.7 Å². The second-order valence-corrected chi connectivity index (χ2v) is 5.10. The number of aryl methyl sites for hydroxylation is 2. The molecule has 0 bridgehead atoms. The standard InChI is InChI=1S/C17H20N2O/c1-12-9-13(2)11-16(10-12)19-17(20)14(3)18-15-7-5-4-6-8-15/h4-11,14,18H,1-3H3,(H,19,20). The molecule has 2 aromatic rings. The third-order valence-electron chi connectivity index (χ3n) is 3.04. The van der Waals surface area contributed by atoms with Crippen LogP contribution >= 0.6 is 0 Å². The molecule has 3 nitrogen and oxygen atoms in total. The summed E-state index contributed by atoms with van der Waals surface area (Å²) in [5.74, 6) is -0.0427. The molecular formula is C17H20N2O. The number of hydrogen-bond acceptors (Lipinski definition) is 2. The third kappa shape index (κ3) is 3.85. The Labute approximate surface area is 120 Å². The van der Waals surface area contributed by atoms with Crippen LogP contribution in [0, 0.1) is 13.8 Å². The SMILES string of the molecule is Cc1cc(C)cc(NC(=O)C(C)Nc2ccccc2)c1. The van der Waals surface area contributed by atoms with Gasteiger partial charge in [0.15, 0.2) is 0 Å². The summed E-state index contributed by atoms with van der Waals surface area (Å²) in [7, 11) is 0. The lowest BCUT2D eigenvalue weighted by molar-refractivity contribution is -0.116. The van der Waals surface area contributed by atoms with Crippen molar-refractivity contribution in [2.45, 2.75) is 26.8 Å². The van der Waals surface area contributed by atoms with Crippen LogP contribution in [0.4, 0.5) is 11.4 Å². The van der Waals surface area contributed by atoms with Gasteiger partial charge < -0.3 is 10.6 Å². The fraction of sp³-hybridized carbons (Fsp3) is 0.235. The van der Waals surface area contributed by atoms with E-state index in [0.29, 0.717) is 0 Å². The Kier molecular flexibility index (Phi) is 4.41. The highest BCUT2D eigenvalue weighted by Crippen LogP contribution is 2.14. The second kappa shape index (κ2) is 6.24. The van der Waals surface area contributed by atoms with E-state index in [1.165, 1.54) is 0 Å². The van der Waals surface area contributed by atoms with E-state index in [1.807, 2.05) is 63.2 Å². The number of hydrogen-bond donors (Lipinski definition) is 2. The molecule has 0 saturated carbocycles. The van der Waals surface area contributed by atoms with Crippen LogP contribution in [0.25, 0.3) is 0 Å². The van der Waals surface area contributed by atoms with Crippen LogP contribution in [0.5, 0.6) is 0 Å². The molecule has 0 radical (unpaired) electrons. The van der Waals surface area contributed by atoms with Crippen molar-refractivity contribution in [1.82, 2.24) is 0 Å². The second-order valence-electron chi connectivity index (χ2n) is 5.10. The average Bonchev–Trinajstić information content (AvgIpc) is 2.38. The Morgan fingerprint density at radius 2 is 1.55 bits per heavy atom. The number of para-hydroxylation sites is 1. The fourth-order valence-corrected chi connectivity index (χ4v) is 2.15. The van der Waals surface area contributed by atoms with Crippen LogP contribution < -0.4 is 10.6 Å². The van der Waals surface area contributed by atoms with Crippen molar-refractivity contribution < 1.29 is 4.79 Å². The predicted octanol–water partition coefficient (Wildman–Crippen LogP) is 3.74. The molecule has 2 aromatic carbocycles. The van der Waals surface area contributed by atoms with E-state index >= 15 is 0 Å². The molecule has 1 amide bonds. The first kappa shape index (κ1) is 14.1. The van der Waals surface area contributed by atoms with Gasteiger partial charge in [-0.3, -0.25) is 4.79 Å². The lowest BCUT2D eigenvalue weighted by atomic mass is 10.1. The number of carbonyl (C=O) groups excluding carboxylic acids is 1. The Morgan fingerprint density at radius 1 is 0.950 bits per heavy atom. The molecule has 3 heteroatoms. The number of nitrogens with one attached hydrogen (secondary N) is 2. The summed E-state index contributed by atoms with van der Waals surface area (Å²) >= 11 is 0. The Balaban J connectivity index is 2.00. The molecule has 0 saturated heterocycles. The van der Waals surface area contributed by atoms with Crippen LogP contribution in [-0.2, 0) is 4.79 Å². The van der Waals surface area contributed by atoms with Gasteiger partial charge in [0, 0.05) is 11.4 Å². The van der Waals surface area contributed by atoms with Gasteiger partial charge in [-0.15, -0.1) is 0 Å². The third-order valence-corrected chi connectivity index (χ3v) is 3.04. The van der Waals surface area contributed by atoms with Gasteiger partial charge in [-0.2, -0.15) is 0 Å². The van der Waals surface area contributed by atoms with Crippen molar-refractivity contribution in [2.24, 2.45) is 0 Å². The average molecular weight is 268 g/mol. The molecule has 0 aliphatic rings. The molecule has 20 heavy (non-hydrogen) atoms. The molecule has 0 aliphatic heterocycles. The van der Waals surface area contributed by atoms with Crippen molar-refractivity contribution in [3.05, 3.63) is 59.7 Å². The van der Waals surface area contributed by atoms with Gasteiger partial charge in [0.2, 0.25) is 5.91 Å². The highest BCUT2D eigenvalue weighted by Gasteiger charge is 2.12. The van der Waals surface area contributed by atoms with Crippen molar-refractivity contribution in [3.63, 3.8) is 0 Å². The van der Waals surface area contributed by atoms with E-state index < -0.39 is 0 Å². The van der Waals surface area contributed by atoms with Crippen LogP contribution in [0.15, 0.2) is 48.5 Å². The van der Waals surface area contributed by atoms with Crippen molar-refractivity contribution in [3.8, 4) is 0 Å². The van der Waals surface area contributed by atoms with Gasteiger partial charge in [0.25, 0.3) is 0 Å².